The van der Waals surface area contributed by atoms with E-state index in [1.165, 1.54) is 12.1 Å². The Balaban J connectivity index is 2.04. The number of carboxylic acid groups (broad SMARTS) is 1. The van der Waals surface area contributed by atoms with Crippen LogP contribution in [0.2, 0.25) is 0 Å². The molecule has 0 radical (unpaired) electrons. The third-order valence-electron chi connectivity index (χ3n) is 4.10. The Hall–Kier alpha value is -3.34. The van der Waals surface area contributed by atoms with Crippen LogP contribution in [0.4, 0.5) is 0 Å². The lowest BCUT2D eigenvalue weighted by Gasteiger charge is -2.13. The first-order chi connectivity index (χ1) is 13.1. The van der Waals surface area contributed by atoms with Crippen molar-refractivity contribution in [1.29, 1.82) is 0 Å². The fourth-order valence-electron chi connectivity index (χ4n) is 2.87. The zero-order valence-electron chi connectivity index (χ0n) is 15.0. The summed E-state index contributed by atoms with van der Waals surface area (Å²) in [4.78, 5) is 23.1. The average Bonchev–Trinajstić information content (AvgIpc) is 2.67. The Kier molecular flexibility index (Phi) is 5.71. The van der Waals surface area contributed by atoms with E-state index in [4.69, 9.17) is 14.3 Å². The number of carboxylic acids is 1. The van der Waals surface area contributed by atoms with Crippen molar-refractivity contribution in [2.75, 3.05) is 0 Å². The molecule has 0 aliphatic rings. The molecule has 1 N–H and O–H groups in total. The van der Waals surface area contributed by atoms with Crippen LogP contribution in [-0.2, 0) is 17.8 Å². The predicted octanol–water partition coefficient (Wildman–Crippen LogP) is 4.42. The predicted molar refractivity (Wildman–Crippen MR) is 104 cm³/mol. The van der Waals surface area contributed by atoms with E-state index < -0.39 is 5.97 Å². The van der Waals surface area contributed by atoms with Gasteiger partial charge in [-0.3, -0.25) is 4.79 Å². The Bertz CT molecular complexity index is 1030. The van der Waals surface area contributed by atoms with E-state index in [1.54, 1.807) is 12.1 Å². The van der Waals surface area contributed by atoms with Gasteiger partial charge in [-0.2, -0.15) is 0 Å². The number of rotatable bonds is 7. The maximum absolute atomic E-state index is 12.4. The van der Waals surface area contributed by atoms with E-state index in [0.717, 1.165) is 23.6 Å². The largest absolute Gasteiger partial charge is 0.488 e. The highest BCUT2D eigenvalue weighted by Crippen LogP contribution is 2.29. The van der Waals surface area contributed by atoms with Crippen molar-refractivity contribution in [2.24, 2.45) is 0 Å². The van der Waals surface area contributed by atoms with Crippen LogP contribution in [0.25, 0.3) is 17.0 Å². The van der Waals surface area contributed by atoms with Crippen LogP contribution >= 0.6 is 0 Å². The molecule has 138 valence electrons. The van der Waals surface area contributed by atoms with Crippen molar-refractivity contribution in [1.82, 2.24) is 0 Å². The second-order valence-electron chi connectivity index (χ2n) is 6.13. The summed E-state index contributed by atoms with van der Waals surface area (Å²) in [5.41, 5.74) is 2.08. The summed E-state index contributed by atoms with van der Waals surface area (Å²) < 4.78 is 11.8. The second-order valence-corrected chi connectivity index (χ2v) is 6.13. The maximum atomic E-state index is 12.4. The van der Waals surface area contributed by atoms with Gasteiger partial charge in [-0.05, 0) is 30.2 Å². The summed E-state index contributed by atoms with van der Waals surface area (Å²) >= 11 is 0. The number of ether oxygens (including phenoxy) is 1. The zero-order valence-corrected chi connectivity index (χ0v) is 15.0. The smallest absolute Gasteiger partial charge is 0.328 e. The molecule has 5 nitrogen and oxygen atoms in total. The van der Waals surface area contributed by atoms with Gasteiger partial charge in [-0.1, -0.05) is 43.7 Å². The summed E-state index contributed by atoms with van der Waals surface area (Å²) in [6.07, 6.45) is 3.74. The molecular weight excluding hydrogens is 344 g/mol. The van der Waals surface area contributed by atoms with Gasteiger partial charge in [0.05, 0.1) is 5.39 Å². The van der Waals surface area contributed by atoms with Gasteiger partial charge in [0, 0.05) is 17.7 Å². The molecule has 0 saturated heterocycles. The summed E-state index contributed by atoms with van der Waals surface area (Å²) in [5.74, 6) is -0.241. The number of benzene rings is 2. The molecule has 3 aromatic rings. The fraction of sp³-hybridized carbons (Fsp3) is 0.182. The minimum Gasteiger partial charge on any atom is -0.488 e. The average molecular weight is 364 g/mol. The van der Waals surface area contributed by atoms with Gasteiger partial charge in [-0.15, -0.1) is 0 Å². The monoisotopic (exact) mass is 364 g/mol. The highest BCUT2D eigenvalue weighted by atomic mass is 16.5. The van der Waals surface area contributed by atoms with Crippen LogP contribution in [0.1, 0.15) is 30.2 Å². The molecule has 0 aliphatic carbocycles. The Morgan fingerprint density at radius 2 is 1.96 bits per heavy atom. The van der Waals surface area contributed by atoms with E-state index in [-0.39, 0.29) is 11.2 Å². The minimum absolute atomic E-state index is 0.201. The lowest BCUT2D eigenvalue weighted by molar-refractivity contribution is -0.131. The van der Waals surface area contributed by atoms with Crippen molar-refractivity contribution in [3.8, 4) is 5.75 Å². The fourth-order valence-corrected chi connectivity index (χ4v) is 2.87. The Morgan fingerprint density at radius 1 is 1.19 bits per heavy atom. The van der Waals surface area contributed by atoms with E-state index in [2.05, 4.69) is 0 Å². The van der Waals surface area contributed by atoms with Gasteiger partial charge >= 0.3 is 5.97 Å². The molecular formula is C22H20O5. The lowest BCUT2D eigenvalue weighted by Crippen LogP contribution is -2.05. The third kappa shape index (κ3) is 4.44. The van der Waals surface area contributed by atoms with Crippen LogP contribution in [0.3, 0.4) is 0 Å². The molecule has 0 saturated carbocycles. The molecule has 0 spiro atoms. The Morgan fingerprint density at radius 3 is 2.67 bits per heavy atom. The van der Waals surface area contributed by atoms with Crippen molar-refractivity contribution in [3.63, 3.8) is 0 Å². The van der Waals surface area contributed by atoms with Gasteiger partial charge in [0.25, 0.3) is 0 Å². The van der Waals surface area contributed by atoms with Crippen LogP contribution in [-0.4, -0.2) is 11.1 Å². The quantitative estimate of drug-likeness (QED) is 0.628. The molecule has 0 bridgehead atoms. The summed E-state index contributed by atoms with van der Waals surface area (Å²) in [7, 11) is 0. The summed E-state index contributed by atoms with van der Waals surface area (Å²) in [6.45, 7) is 2.44. The van der Waals surface area contributed by atoms with E-state index in [0.29, 0.717) is 29.7 Å². The van der Waals surface area contributed by atoms with Gasteiger partial charge in [0.2, 0.25) is 0 Å². The summed E-state index contributed by atoms with van der Waals surface area (Å²) in [6, 6.07) is 14.6. The number of aliphatic carboxylic acids is 1. The molecule has 5 heteroatoms. The zero-order chi connectivity index (χ0) is 19.2. The first-order valence-electron chi connectivity index (χ1n) is 8.76. The molecule has 0 unspecified atom stereocenters. The minimum atomic E-state index is -1.11. The maximum Gasteiger partial charge on any atom is 0.328 e. The molecule has 27 heavy (non-hydrogen) atoms. The number of hydrogen-bond donors (Lipinski definition) is 1. The van der Waals surface area contributed by atoms with Gasteiger partial charge in [0.1, 0.15) is 23.7 Å². The van der Waals surface area contributed by atoms with Crippen molar-refractivity contribution in [3.05, 3.63) is 81.7 Å². The molecule has 0 aliphatic heterocycles. The third-order valence-corrected chi connectivity index (χ3v) is 4.10. The molecule has 0 atom stereocenters. The SMILES string of the molecule is CCCc1c(OCc2ccccc2)ccc2c(=O)cc(/C=C/C(=O)O)oc12. The number of hydrogen-bond acceptors (Lipinski definition) is 4. The van der Waals surface area contributed by atoms with Crippen LogP contribution in [0, 0.1) is 0 Å². The first kappa shape index (κ1) is 18.5. The van der Waals surface area contributed by atoms with E-state index >= 15 is 0 Å². The van der Waals surface area contributed by atoms with Crippen LogP contribution in [0.15, 0.2) is 63.8 Å². The van der Waals surface area contributed by atoms with E-state index in [1.807, 2.05) is 37.3 Å². The molecule has 0 amide bonds. The normalized spacial score (nSPS) is 11.1. The lowest BCUT2D eigenvalue weighted by atomic mass is 10.0. The molecule has 1 aromatic heterocycles. The standard InChI is InChI=1S/C22H20O5/c1-2-6-18-20(26-14-15-7-4-3-5-8-15)11-10-17-19(23)13-16(27-22(17)18)9-12-21(24)25/h3-5,7-13H,2,6,14H2,1H3,(H,24,25)/b12-9+. The molecule has 1 heterocycles. The topological polar surface area (TPSA) is 76.7 Å². The second kappa shape index (κ2) is 8.36. The van der Waals surface area contributed by atoms with Gasteiger partial charge in [0.15, 0.2) is 5.43 Å². The number of aryl methyl sites for hydroxylation is 1. The van der Waals surface area contributed by atoms with Crippen LogP contribution < -0.4 is 10.2 Å². The van der Waals surface area contributed by atoms with Gasteiger partial charge < -0.3 is 14.3 Å². The highest BCUT2D eigenvalue weighted by molar-refractivity contribution is 5.86. The summed E-state index contributed by atoms with van der Waals surface area (Å²) in [5, 5.41) is 9.25. The van der Waals surface area contributed by atoms with Crippen molar-refractivity contribution >= 4 is 23.0 Å². The molecule has 3 rings (SSSR count). The number of carbonyl (C=O) groups is 1. The molecule has 0 fully saturated rings. The van der Waals surface area contributed by atoms with Crippen LogP contribution in [0.5, 0.6) is 5.75 Å². The molecule has 2 aromatic carbocycles. The number of fused-ring (bicyclic) bond motifs is 1. The first-order valence-corrected chi connectivity index (χ1v) is 8.76. The van der Waals surface area contributed by atoms with E-state index in [9.17, 15) is 9.59 Å². The van der Waals surface area contributed by atoms with Gasteiger partial charge in [-0.25, -0.2) is 4.79 Å². The van der Waals surface area contributed by atoms with Crippen molar-refractivity contribution in [2.45, 2.75) is 26.4 Å². The highest BCUT2D eigenvalue weighted by Gasteiger charge is 2.14. The Labute approximate surface area is 156 Å². The van der Waals surface area contributed by atoms with Crippen molar-refractivity contribution < 1.29 is 19.1 Å².